The fourth-order valence-corrected chi connectivity index (χ4v) is 2.88. The van der Waals surface area contributed by atoms with Crippen molar-refractivity contribution < 1.29 is 17.9 Å². The summed E-state index contributed by atoms with van der Waals surface area (Å²) in [5, 5.41) is 2.59. The largest absolute Gasteiger partial charge is 0.482 e. The second-order valence-electron chi connectivity index (χ2n) is 3.66. The van der Waals surface area contributed by atoms with Crippen LogP contribution in [0.5, 0.6) is 5.75 Å². The van der Waals surface area contributed by atoms with Crippen molar-refractivity contribution in [2.24, 2.45) is 0 Å². The Morgan fingerprint density at radius 2 is 2.22 bits per heavy atom. The van der Waals surface area contributed by atoms with Crippen molar-refractivity contribution in [3.8, 4) is 5.75 Å². The Morgan fingerprint density at radius 1 is 1.44 bits per heavy atom. The molecule has 98 valence electrons. The van der Waals surface area contributed by atoms with Crippen LogP contribution in [0.2, 0.25) is 0 Å². The van der Waals surface area contributed by atoms with E-state index in [-0.39, 0.29) is 24.1 Å². The number of fused-ring (bicyclic) bond motifs is 1. The van der Waals surface area contributed by atoms with Crippen LogP contribution in [-0.2, 0) is 14.8 Å². The molecule has 0 atom stereocenters. The van der Waals surface area contributed by atoms with Crippen molar-refractivity contribution in [3.63, 3.8) is 0 Å². The third-order valence-corrected chi connectivity index (χ3v) is 3.93. The molecule has 1 heterocycles. The third kappa shape index (κ3) is 3.05. The van der Waals surface area contributed by atoms with Crippen molar-refractivity contribution in [1.29, 1.82) is 0 Å². The minimum atomic E-state index is -3.46. The van der Waals surface area contributed by atoms with E-state index in [0.29, 0.717) is 17.1 Å². The predicted molar refractivity (Wildman–Crippen MR) is 68.7 cm³/mol. The van der Waals surface area contributed by atoms with Gasteiger partial charge in [0.15, 0.2) is 6.61 Å². The topological polar surface area (TPSA) is 84.5 Å². The first-order chi connectivity index (χ1) is 8.50. The van der Waals surface area contributed by atoms with Gasteiger partial charge < -0.3 is 10.1 Å². The SMILES string of the molecule is O=C1COc2ccc(NS(=O)(=O)CCCl)cc2N1. The molecule has 0 radical (unpaired) electrons. The summed E-state index contributed by atoms with van der Waals surface area (Å²) >= 11 is 5.39. The number of hydrogen-bond acceptors (Lipinski definition) is 4. The van der Waals surface area contributed by atoms with Crippen LogP contribution < -0.4 is 14.8 Å². The van der Waals surface area contributed by atoms with Gasteiger partial charge in [0.1, 0.15) is 5.75 Å². The number of hydrogen-bond donors (Lipinski definition) is 2. The molecule has 0 spiro atoms. The van der Waals surface area contributed by atoms with E-state index in [4.69, 9.17) is 16.3 Å². The number of anilines is 2. The first-order valence-corrected chi connectivity index (χ1v) is 7.32. The van der Waals surface area contributed by atoms with Gasteiger partial charge in [0.2, 0.25) is 10.0 Å². The molecule has 0 bridgehead atoms. The summed E-state index contributed by atoms with van der Waals surface area (Å²) in [7, 11) is -3.46. The second kappa shape index (κ2) is 5.03. The van der Waals surface area contributed by atoms with Crippen LogP contribution in [0.4, 0.5) is 11.4 Å². The highest BCUT2D eigenvalue weighted by atomic mass is 35.5. The third-order valence-electron chi connectivity index (χ3n) is 2.23. The zero-order valence-corrected chi connectivity index (χ0v) is 10.8. The second-order valence-corrected chi connectivity index (χ2v) is 5.88. The number of carbonyl (C=O) groups excluding carboxylic acids is 1. The molecule has 0 aromatic heterocycles. The maximum atomic E-state index is 11.5. The molecule has 2 rings (SSSR count). The van der Waals surface area contributed by atoms with Crippen LogP contribution in [0.15, 0.2) is 18.2 Å². The normalized spacial score (nSPS) is 14.4. The molecule has 0 saturated carbocycles. The highest BCUT2D eigenvalue weighted by molar-refractivity contribution is 7.92. The summed E-state index contributed by atoms with van der Waals surface area (Å²) in [6.45, 7) is -0.0374. The lowest BCUT2D eigenvalue weighted by molar-refractivity contribution is -0.118. The molecule has 1 aromatic carbocycles. The van der Waals surface area contributed by atoms with E-state index in [1.54, 1.807) is 12.1 Å². The van der Waals surface area contributed by atoms with E-state index in [1.807, 2.05) is 0 Å². The Hall–Kier alpha value is -1.47. The van der Waals surface area contributed by atoms with Gasteiger partial charge in [0.05, 0.1) is 17.1 Å². The van der Waals surface area contributed by atoms with Crippen molar-refractivity contribution in [2.75, 3.05) is 28.3 Å². The molecular formula is C10H11ClN2O4S. The molecule has 1 aliphatic heterocycles. The number of alkyl halides is 1. The van der Waals surface area contributed by atoms with E-state index in [2.05, 4.69) is 10.0 Å². The Labute approximate surface area is 109 Å². The van der Waals surface area contributed by atoms with Crippen LogP contribution in [0.1, 0.15) is 0 Å². The Bertz CT molecular complexity index is 573. The minimum Gasteiger partial charge on any atom is -0.482 e. The van der Waals surface area contributed by atoms with Crippen LogP contribution in [-0.4, -0.2) is 32.6 Å². The molecule has 6 nitrogen and oxygen atoms in total. The lowest BCUT2D eigenvalue weighted by atomic mass is 10.2. The molecule has 1 aliphatic rings. The minimum absolute atomic E-state index is 0.0140. The Kier molecular flexibility index (Phi) is 3.63. The number of halogens is 1. The summed E-state index contributed by atoms with van der Waals surface area (Å²) < 4.78 is 30.6. The average molecular weight is 291 g/mol. The van der Waals surface area contributed by atoms with E-state index >= 15 is 0 Å². The van der Waals surface area contributed by atoms with Crippen molar-refractivity contribution in [3.05, 3.63) is 18.2 Å². The van der Waals surface area contributed by atoms with Crippen molar-refractivity contribution >= 4 is 38.9 Å². The predicted octanol–water partition coefficient (Wildman–Crippen LogP) is 0.998. The molecule has 8 heteroatoms. The molecule has 0 saturated heterocycles. The van der Waals surface area contributed by atoms with E-state index in [1.165, 1.54) is 6.07 Å². The van der Waals surface area contributed by atoms with E-state index < -0.39 is 10.0 Å². The molecule has 0 fully saturated rings. The molecule has 0 aliphatic carbocycles. The zero-order valence-electron chi connectivity index (χ0n) is 9.27. The van der Waals surface area contributed by atoms with Gasteiger partial charge in [0.25, 0.3) is 5.91 Å². The highest BCUT2D eigenvalue weighted by Crippen LogP contribution is 2.30. The van der Waals surface area contributed by atoms with Gasteiger partial charge in [0, 0.05) is 5.88 Å². The molecule has 2 N–H and O–H groups in total. The van der Waals surface area contributed by atoms with Gasteiger partial charge in [-0.25, -0.2) is 8.42 Å². The Balaban J connectivity index is 2.21. The lowest BCUT2D eigenvalue weighted by Gasteiger charge is -2.18. The highest BCUT2D eigenvalue weighted by Gasteiger charge is 2.17. The number of rotatable bonds is 4. The van der Waals surface area contributed by atoms with Gasteiger partial charge >= 0.3 is 0 Å². The van der Waals surface area contributed by atoms with Gasteiger partial charge in [-0.05, 0) is 18.2 Å². The van der Waals surface area contributed by atoms with Crippen molar-refractivity contribution in [1.82, 2.24) is 0 Å². The summed E-state index contributed by atoms with van der Waals surface area (Å²) in [6.07, 6.45) is 0. The standard InChI is InChI=1S/C10H11ClN2O4S/c11-3-4-18(15,16)13-7-1-2-9-8(5-7)12-10(14)6-17-9/h1-2,5,13H,3-4,6H2,(H,12,14). The zero-order chi connectivity index (χ0) is 13.2. The summed E-state index contributed by atoms with van der Waals surface area (Å²) in [5.74, 6) is 0.0763. The monoisotopic (exact) mass is 290 g/mol. The van der Waals surface area contributed by atoms with Gasteiger partial charge in [-0.2, -0.15) is 0 Å². The average Bonchev–Trinajstić information content (AvgIpc) is 2.27. The van der Waals surface area contributed by atoms with E-state index in [0.717, 1.165) is 0 Å². The number of sulfonamides is 1. The van der Waals surface area contributed by atoms with Crippen LogP contribution in [0, 0.1) is 0 Å². The quantitative estimate of drug-likeness (QED) is 0.810. The summed E-state index contributed by atoms with van der Waals surface area (Å²) in [6, 6.07) is 4.65. The first-order valence-electron chi connectivity index (χ1n) is 5.13. The number of nitrogens with one attached hydrogen (secondary N) is 2. The number of carbonyl (C=O) groups is 1. The summed E-state index contributed by atoms with van der Waals surface area (Å²) in [5.41, 5.74) is 0.794. The number of benzene rings is 1. The number of amides is 1. The van der Waals surface area contributed by atoms with Gasteiger partial charge in [-0.1, -0.05) is 0 Å². The fraction of sp³-hybridized carbons (Fsp3) is 0.300. The fourth-order valence-electron chi connectivity index (χ4n) is 1.48. The smallest absolute Gasteiger partial charge is 0.262 e. The molecular weight excluding hydrogens is 280 g/mol. The van der Waals surface area contributed by atoms with Crippen LogP contribution in [0.3, 0.4) is 0 Å². The van der Waals surface area contributed by atoms with Crippen LogP contribution >= 0.6 is 11.6 Å². The lowest BCUT2D eigenvalue weighted by Crippen LogP contribution is -2.25. The van der Waals surface area contributed by atoms with Crippen molar-refractivity contribution in [2.45, 2.75) is 0 Å². The van der Waals surface area contributed by atoms with E-state index in [9.17, 15) is 13.2 Å². The molecule has 1 aromatic rings. The van der Waals surface area contributed by atoms with Crippen LogP contribution in [0.25, 0.3) is 0 Å². The molecule has 18 heavy (non-hydrogen) atoms. The first kappa shape index (κ1) is 13.0. The maximum Gasteiger partial charge on any atom is 0.262 e. The van der Waals surface area contributed by atoms with Gasteiger partial charge in [-0.15, -0.1) is 11.6 Å². The molecule has 1 amide bonds. The van der Waals surface area contributed by atoms with Gasteiger partial charge in [-0.3, -0.25) is 9.52 Å². The Morgan fingerprint density at radius 3 is 2.94 bits per heavy atom. The molecule has 0 unspecified atom stereocenters. The number of ether oxygens (including phenoxy) is 1. The summed E-state index contributed by atoms with van der Waals surface area (Å²) in [4.78, 5) is 11.1. The maximum absolute atomic E-state index is 11.5.